The maximum atomic E-state index is 12.1. The molecule has 0 aliphatic carbocycles. The molecule has 0 radical (unpaired) electrons. The van der Waals surface area contributed by atoms with Gasteiger partial charge in [0.2, 0.25) is 0 Å². The van der Waals surface area contributed by atoms with Gasteiger partial charge in [-0.1, -0.05) is 29.3 Å². The van der Waals surface area contributed by atoms with Crippen molar-refractivity contribution < 1.29 is 14.3 Å². The van der Waals surface area contributed by atoms with E-state index in [-0.39, 0.29) is 5.91 Å². The van der Waals surface area contributed by atoms with Crippen molar-refractivity contribution in [3.05, 3.63) is 52.5 Å². The molecule has 1 N–H and O–H groups in total. The van der Waals surface area contributed by atoms with Crippen LogP contribution in [0.2, 0.25) is 10.0 Å². The first-order chi connectivity index (χ1) is 10.5. The highest BCUT2D eigenvalue weighted by molar-refractivity contribution is 6.32. The lowest BCUT2D eigenvalue weighted by atomic mass is 10.2. The van der Waals surface area contributed by atoms with E-state index in [0.717, 1.165) is 0 Å². The maximum absolute atomic E-state index is 12.1. The van der Waals surface area contributed by atoms with E-state index in [1.807, 2.05) is 0 Å². The van der Waals surface area contributed by atoms with Crippen molar-refractivity contribution in [3.63, 3.8) is 0 Å². The molecule has 116 valence electrons. The number of hydrogen-bond donors (Lipinski definition) is 1. The Morgan fingerprint density at radius 2 is 1.95 bits per heavy atom. The molecule has 1 atom stereocenters. The van der Waals surface area contributed by atoms with Crippen LogP contribution in [-0.2, 0) is 4.79 Å². The standard InChI is InChI=1S/C16H15Cl2NO3/c1-10(22-13-5-3-4-11(17)8-13)16(20)19-12-6-7-15(21-2)14(18)9-12/h3-10H,1-2H3,(H,19,20)/t10-/m0/s1. The molecule has 0 saturated heterocycles. The summed E-state index contributed by atoms with van der Waals surface area (Å²) in [7, 11) is 1.53. The Morgan fingerprint density at radius 1 is 1.18 bits per heavy atom. The fraction of sp³-hybridized carbons (Fsp3) is 0.188. The van der Waals surface area contributed by atoms with Crippen LogP contribution < -0.4 is 14.8 Å². The monoisotopic (exact) mass is 339 g/mol. The molecule has 2 aromatic carbocycles. The zero-order chi connectivity index (χ0) is 16.1. The summed E-state index contributed by atoms with van der Waals surface area (Å²) in [5.74, 6) is 0.784. The molecule has 0 heterocycles. The Kier molecular flexibility index (Phi) is 5.52. The second-order valence-electron chi connectivity index (χ2n) is 4.56. The number of ether oxygens (including phenoxy) is 2. The fourth-order valence-electron chi connectivity index (χ4n) is 1.79. The van der Waals surface area contributed by atoms with Crippen molar-refractivity contribution in [2.75, 3.05) is 12.4 Å². The summed E-state index contributed by atoms with van der Waals surface area (Å²) < 4.78 is 10.6. The molecule has 6 heteroatoms. The number of carbonyl (C=O) groups is 1. The van der Waals surface area contributed by atoms with E-state index in [0.29, 0.717) is 27.2 Å². The van der Waals surface area contributed by atoms with Crippen LogP contribution in [0.25, 0.3) is 0 Å². The van der Waals surface area contributed by atoms with Gasteiger partial charge in [0.25, 0.3) is 5.91 Å². The van der Waals surface area contributed by atoms with E-state index in [2.05, 4.69) is 5.32 Å². The van der Waals surface area contributed by atoms with Gasteiger partial charge in [0, 0.05) is 10.7 Å². The zero-order valence-electron chi connectivity index (χ0n) is 12.1. The number of amides is 1. The molecule has 0 unspecified atom stereocenters. The molecule has 2 aromatic rings. The van der Waals surface area contributed by atoms with E-state index >= 15 is 0 Å². The second-order valence-corrected chi connectivity index (χ2v) is 5.40. The summed E-state index contributed by atoms with van der Waals surface area (Å²) in [4.78, 5) is 12.1. The van der Waals surface area contributed by atoms with Crippen molar-refractivity contribution in [2.45, 2.75) is 13.0 Å². The average molecular weight is 340 g/mol. The van der Waals surface area contributed by atoms with Crippen molar-refractivity contribution in [2.24, 2.45) is 0 Å². The number of halogens is 2. The Balaban J connectivity index is 2.00. The van der Waals surface area contributed by atoms with E-state index < -0.39 is 6.10 Å². The molecular weight excluding hydrogens is 325 g/mol. The highest BCUT2D eigenvalue weighted by atomic mass is 35.5. The topological polar surface area (TPSA) is 47.6 Å². The lowest BCUT2D eigenvalue weighted by Gasteiger charge is -2.15. The molecule has 0 saturated carbocycles. The third-order valence-corrected chi connectivity index (χ3v) is 3.43. The molecule has 0 aliphatic rings. The number of anilines is 1. The minimum atomic E-state index is -0.681. The SMILES string of the molecule is COc1ccc(NC(=O)[C@H](C)Oc2cccc(Cl)c2)cc1Cl. The molecule has 0 bridgehead atoms. The lowest BCUT2D eigenvalue weighted by molar-refractivity contribution is -0.122. The summed E-state index contributed by atoms with van der Waals surface area (Å²) in [5.41, 5.74) is 0.567. The highest BCUT2D eigenvalue weighted by Gasteiger charge is 2.15. The normalized spacial score (nSPS) is 11.6. The van der Waals surface area contributed by atoms with Crippen LogP contribution in [0.4, 0.5) is 5.69 Å². The minimum absolute atomic E-state index is 0.291. The smallest absolute Gasteiger partial charge is 0.265 e. The quantitative estimate of drug-likeness (QED) is 0.877. The summed E-state index contributed by atoms with van der Waals surface area (Å²) in [5, 5.41) is 3.70. The van der Waals surface area contributed by atoms with Crippen LogP contribution in [0.3, 0.4) is 0 Å². The Bertz CT molecular complexity index is 676. The van der Waals surface area contributed by atoms with Crippen molar-refractivity contribution in [3.8, 4) is 11.5 Å². The summed E-state index contributed by atoms with van der Waals surface area (Å²) >= 11 is 11.9. The zero-order valence-corrected chi connectivity index (χ0v) is 13.6. The van der Waals surface area contributed by atoms with Gasteiger partial charge in [-0.2, -0.15) is 0 Å². The molecular formula is C16H15Cl2NO3. The van der Waals surface area contributed by atoms with Crippen molar-refractivity contribution >= 4 is 34.8 Å². The van der Waals surface area contributed by atoms with Crippen LogP contribution >= 0.6 is 23.2 Å². The van der Waals surface area contributed by atoms with Gasteiger partial charge in [-0.3, -0.25) is 4.79 Å². The van der Waals surface area contributed by atoms with Gasteiger partial charge >= 0.3 is 0 Å². The molecule has 0 aliphatic heterocycles. The van der Waals surface area contributed by atoms with Crippen LogP contribution in [0, 0.1) is 0 Å². The maximum Gasteiger partial charge on any atom is 0.265 e. The molecule has 22 heavy (non-hydrogen) atoms. The first-order valence-electron chi connectivity index (χ1n) is 6.56. The van der Waals surface area contributed by atoms with Crippen LogP contribution in [0.15, 0.2) is 42.5 Å². The molecule has 1 amide bonds. The van der Waals surface area contributed by atoms with Crippen LogP contribution in [0.5, 0.6) is 11.5 Å². The van der Waals surface area contributed by atoms with Crippen molar-refractivity contribution in [1.82, 2.24) is 0 Å². The molecule has 0 spiro atoms. The third-order valence-electron chi connectivity index (χ3n) is 2.90. The van der Waals surface area contributed by atoms with Crippen LogP contribution in [0.1, 0.15) is 6.92 Å². The first-order valence-corrected chi connectivity index (χ1v) is 7.32. The molecule has 2 rings (SSSR count). The number of rotatable bonds is 5. The van der Waals surface area contributed by atoms with E-state index in [9.17, 15) is 4.79 Å². The van der Waals surface area contributed by atoms with Gasteiger partial charge in [-0.25, -0.2) is 0 Å². The molecule has 0 aromatic heterocycles. The van der Waals surface area contributed by atoms with Gasteiger partial charge in [0.15, 0.2) is 6.10 Å². The number of benzene rings is 2. The summed E-state index contributed by atoms with van der Waals surface area (Å²) in [6.45, 7) is 1.65. The van der Waals surface area contributed by atoms with Gasteiger partial charge < -0.3 is 14.8 Å². The van der Waals surface area contributed by atoms with Crippen LogP contribution in [-0.4, -0.2) is 19.1 Å². The number of methoxy groups -OCH3 is 1. The lowest BCUT2D eigenvalue weighted by Crippen LogP contribution is -2.30. The Hall–Kier alpha value is -1.91. The predicted octanol–water partition coefficient (Wildman–Crippen LogP) is 4.41. The second kappa shape index (κ2) is 7.38. The van der Waals surface area contributed by atoms with E-state index in [1.54, 1.807) is 49.4 Å². The highest BCUT2D eigenvalue weighted by Crippen LogP contribution is 2.27. The fourth-order valence-corrected chi connectivity index (χ4v) is 2.22. The number of nitrogens with one attached hydrogen (secondary N) is 1. The van der Waals surface area contributed by atoms with E-state index in [4.69, 9.17) is 32.7 Å². The van der Waals surface area contributed by atoms with Gasteiger partial charge in [-0.05, 0) is 43.3 Å². The average Bonchev–Trinajstić information content (AvgIpc) is 2.47. The molecule has 0 fully saturated rings. The minimum Gasteiger partial charge on any atom is -0.495 e. The Morgan fingerprint density at radius 3 is 2.59 bits per heavy atom. The number of hydrogen-bond acceptors (Lipinski definition) is 3. The van der Waals surface area contributed by atoms with Gasteiger partial charge in [0.1, 0.15) is 11.5 Å². The first kappa shape index (κ1) is 16.5. The summed E-state index contributed by atoms with van der Waals surface area (Å²) in [6.07, 6.45) is -0.681. The van der Waals surface area contributed by atoms with Gasteiger partial charge in [0.05, 0.1) is 12.1 Å². The molecule has 4 nitrogen and oxygen atoms in total. The third kappa shape index (κ3) is 4.29. The van der Waals surface area contributed by atoms with E-state index in [1.165, 1.54) is 7.11 Å². The summed E-state index contributed by atoms with van der Waals surface area (Å²) in [6, 6.07) is 11.9. The predicted molar refractivity (Wildman–Crippen MR) is 88.2 cm³/mol. The largest absolute Gasteiger partial charge is 0.495 e. The van der Waals surface area contributed by atoms with Gasteiger partial charge in [-0.15, -0.1) is 0 Å². The Labute approximate surface area is 138 Å². The number of carbonyl (C=O) groups excluding carboxylic acids is 1. The van der Waals surface area contributed by atoms with Crippen molar-refractivity contribution in [1.29, 1.82) is 0 Å².